The maximum absolute atomic E-state index is 13.0. The average Bonchev–Trinajstić information content (AvgIpc) is 3.32. The van der Waals surface area contributed by atoms with E-state index in [-0.39, 0.29) is 17.5 Å². The Morgan fingerprint density at radius 3 is 2.33 bits per heavy atom. The van der Waals surface area contributed by atoms with E-state index in [1.165, 1.54) is 12.1 Å². The molecule has 0 atom stereocenters. The van der Waals surface area contributed by atoms with Crippen LogP contribution in [0.5, 0.6) is 0 Å². The van der Waals surface area contributed by atoms with Crippen molar-refractivity contribution in [2.24, 2.45) is 0 Å². The first-order valence-electron chi connectivity index (χ1n) is 7.85. The fraction of sp³-hybridized carbons (Fsp3) is 0. The highest BCUT2D eigenvalue weighted by atomic mass is 79.9. The van der Waals surface area contributed by atoms with Crippen LogP contribution in [0.25, 0.3) is 22.8 Å². The van der Waals surface area contributed by atoms with E-state index in [1.54, 1.807) is 48.5 Å². The second-order valence-corrected chi connectivity index (χ2v) is 6.35. The van der Waals surface area contributed by atoms with Gasteiger partial charge in [0.1, 0.15) is 5.82 Å². The van der Waals surface area contributed by atoms with E-state index in [4.69, 9.17) is 8.94 Å². The van der Waals surface area contributed by atoms with E-state index in [9.17, 15) is 9.18 Å². The standard InChI is InChI=1S/C19H11BrFN3O3/c20-16-10-9-15(26-16)18(25)22-14-7-3-12(4-8-14)19-23-17(24-27-19)11-1-5-13(21)6-2-11/h1-10H,(H,22,25). The highest BCUT2D eigenvalue weighted by Crippen LogP contribution is 2.24. The zero-order valence-electron chi connectivity index (χ0n) is 13.6. The number of aromatic nitrogens is 2. The van der Waals surface area contributed by atoms with Gasteiger partial charge in [0.25, 0.3) is 11.8 Å². The summed E-state index contributed by atoms with van der Waals surface area (Å²) >= 11 is 3.16. The van der Waals surface area contributed by atoms with Gasteiger partial charge in [-0.15, -0.1) is 0 Å². The molecule has 0 saturated carbocycles. The van der Waals surface area contributed by atoms with Crippen LogP contribution >= 0.6 is 15.9 Å². The number of hydrogen-bond acceptors (Lipinski definition) is 5. The van der Waals surface area contributed by atoms with Crippen molar-refractivity contribution < 1.29 is 18.1 Å². The van der Waals surface area contributed by atoms with E-state index in [0.717, 1.165) is 0 Å². The van der Waals surface area contributed by atoms with E-state index in [0.29, 0.717) is 33.2 Å². The third-order valence-corrected chi connectivity index (χ3v) is 4.14. The molecule has 0 saturated heterocycles. The van der Waals surface area contributed by atoms with Gasteiger partial charge in [-0.3, -0.25) is 4.79 Å². The molecule has 134 valence electrons. The third-order valence-electron chi connectivity index (χ3n) is 3.72. The summed E-state index contributed by atoms with van der Waals surface area (Å²) in [4.78, 5) is 16.4. The molecule has 0 fully saturated rings. The summed E-state index contributed by atoms with van der Waals surface area (Å²) < 4.78 is 24.0. The molecule has 0 aliphatic heterocycles. The number of hydrogen-bond donors (Lipinski definition) is 1. The lowest BCUT2D eigenvalue weighted by molar-refractivity contribution is 0.0995. The van der Waals surface area contributed by atoms with Crippen LogP contribution in [0.15, 0.2) is 74.3 Å². The fourth-order valence-corrected chi connectivity index (χ4v) is 2.69. The van der Waals surface area contributed by atoms with Crippen molar-refractivity contribution in [2.45, 2.75) is 0 Å². The SMILES string of the molecule is O=C(Nc1ccc(-c2nc(-c3ccc(F)cc3)no2)cc1)c1ccc(Br)o1. The van der Waals surface area contributed by atoms with Crippen LogP contribution in [0.4, 0.5) is 10.1 Å². The molecule has 4 rings (SSSR count). The van der Waals surface area contributed by atoms with Gasteiger partial charge in [-0.25, -0.2) is 4.39 Å². The summed E-state index contributed by atoms with van der Waals surface area (Å²) in [6, 6.07) is 16.0. The van der Waals surface area contributed by atoms with Crippen LogP contribution in [0.1, 0.15) is 10.6 Å². The molecule has 2 aromatic heterocycles. The van der Waals surface area contributed by atoms with Crippen LogP contribution in [-0.2, 0) is 0 Å². The molecular formula is C19H11BrFN3O3. The van der Waals surface area contributed by atoms with Gasteiger partial charge in [0, 0.05) is 16.8 Å². The normalized spacial score (nSPS) is 10.7. The number of rotatable bonds is 4. The first-order valence-corrected chi connectivity index (χ1v) is 8.64. The minimum absolute atomic E-state index is 0.201. The molecule has 4 aromatic rings. The highest BCUT2D eigenvalue weighted by Gasteiger charge is 2.13. The summed E-state index contributed by atoms with van der Waals surface area (Å²) in [5.41, 5.74) is 1.93. The first kappa shape index (κ1) is 17.2. The number of benzene rings is 2. The molecule has 8 heteroatoms. The number of carbonyl (C=O) groups is 1. The maximum Gasteiger partial charge on any atom is 0.291 e. The Morgan fingerprint density at radius 1 is 0.963 bits per heavy atom. The molecule has 0 radical (unpaired) electrons. The molecule has 0 aliphatic rings. The van der Waals surface area contributed by atoms with Crippen LogP contribution in [0.3, 0.4) is 0 Å². The summed E-state index contributed by atoms with van der Waals surface area (Å²) in [6.45, 7) is 0. The van der Waals surface area contributed by atoms with Crippen molar-refractivity contribution in [3.05, 3.63) is 76.9 Å². The van der Waals surface area contributed by atoms with Gasteiger partial charge in [0.2, 0.25) is 5.82 Å². The molecule has 0 spiro atoms. The molecule has 0 aliphatic carbocycles. The summed E-state index contributed by atoms with van der Waals surface area (Å²) in [5.74, 6) is 0.201. The van der Waals surface area contributed by atoms with E-state index in [2.05, 4.69) is 31.4 Å². The Morgan fingerprint density at radius 2 is 1.67 bits per heavy atom. The topological polar surface area (TPSA) is 81.2 Å². The predicted molar refractivity (Wildman–Crippen MR) is 99.5 cm³/mol. The molecule has 2 aromatic carbocycles. The smallest absolute Gasteiger partial charge is 0.291 e. The number of carbonyl (C=O) groups excluding carboxylic acids is 1. The van der Waals surface area contributed by atoms with Gasteiger partial charge in [-0.2, -0.15) is 4.98 Å². The monoisotopic (exact) mass is 427 g/mol. The van der Waals surface area contributed by atoms with Gasteiger partial charge < -0.3 is 14.3 Å². The molecule has 1 N–H and O–H groups in total. The number of nitrogens with zero attached hydrogens (tertiary/aromatic N) is 2. The fourth-order valence-electron chi connectivity index (χ4n) is 2.38. The minimum Gasteiger partial charge on any atom is -0.444 e. The molecule has 27 heavy (non-hydrogen) atoms. The molecular weight excluding hydrogens is 417 g/mol. The zero-order valence-corrected chi connectivity index (χ0v) is 15.2. The lowest BCUT2D eigenvalue weighted by Gasteiger charge is -2.03. The predicted octanol–water partition coefficient (Wildman–Crippen LogP) is 5.15. The van der Waals surface area contributed by atoms with E-state index >= 15 is 0 Å². The van der Waals surface area contributed by atoms with Gasteiger partial charge in [0.05, 0.1) is 0 Å². The lowest BCUT2D eigenvalue weighted by Crippen LogP contribution is -2.10. The number of furan rings is 1. The van der Waals surface area contributed by atoms with Crippen LogP contribution < -0.4 is 5.32 Å². The summed E-state index contributed by atoms with van der Waals surface area (Å²) in [6.07, 6.45) is 0. The Hall–Kier alpha value is -3.26. The minimum atomic E-state index is -0.357. The van der Waals surface area contributed by atoms with Gasteiger partial charge in [-0.05, 0) is 76.6 Å². The van der Waals surface area contributed by atoms with Crippen molar-refractivity contribution in [1.82, 2.24) is 10.1 Å². The Labute approximate surface area is 161 Å². The lowest BCUT2D eigenvalue weighted by atomic mass is 10.2. The van der Waals surface area contributed by atoms with Crippen LogP contribution in [-0.4, -0.2) is 16.0 Å². The van der Waals surface area contributed by atoms with Gasteiger partial charge >= 0.3 is 0 Å². The Balaban J connectivity index is 1.49. The molecule has 0 bridgehead atoms. The molecule has 6 nitrogen and oxygen atoms in total. The molecule has 1 amide bonds. The molecule has 0 unspecified atom stereocenters. The largest absolute Gasteiger partial charge is 0.444 e. The average molecular weight is 428 g/mol. The van der Waals surface area contributed by atoms with E-state index in [1.807, 2.05) is 0 Å². The number of anilines is 1. The van der Waals surface area contributed by atoms with Crippen molar-refractivity contribution in [2.75, 3.05) is 5.32 Å². The second-order valence-electron chi connectivity index (χ2n) is 5.57. The van der Waals surface area contributed by atoms with Gasteiger partial charge in [-0.1, -0.05) is 5.16 Å². The third kappa shape index (κ3) is 3.80. The zero-order chi connectivity index (χ0) is 18.8. The maximum atomic E-state index is 13.0. The molecule has 2 heterocycles. The Bertz CT molecular complexity index is 1090. The van der Waals surface area contributed by atoms with Crippen molar-refractivity contribution in [1.29, 1.82) is 0 Å². The second kappa shape index (κ2) is 7.16. The van der Waals surface area contributed by atoms with Crippen LogP contribution in [0.2, 0.25) is 0 Å². The van der Waals surface area contributed by atoms with Crippen molar-refractivity contribution in [3.8, 4) is 22.8 Å². The summed E-state index contributed by atoms with van der Waals surface area (Å²) in [7, 11) is 0. The van der Waals surface area contributed by atoms with Gasteiger partial charge in [0.15, 0.2) is 10.4 Å². The number of halogens is 2. The Kier molecular flexibility index (Phi) is 4.55. The first-order chi connectivity index (χ1) is 13.1. The summed E-state index contributed by atoms with van der Waals surface area (Å²) in [5, 5.41) is 6.64. The van der Waals surface area contributed by atoms with Crippen LogP contribution in [0, 0.1) is 5.82 Å². The number of nitrogens with one attached hydrogen (secondary N) is 1. The quantitative estimate of drug-likeness (QED) is 0.486. The highest BCUT2D eigenvalue weighted by molar-refractivity contribution is 9.10. The number of amides is 1. The van der Waals surface area contributed by atoms with Crippen molar-refractivity contribution in [3.63, 3.8) is 0 Å². The van der Waals surface area contributed by atoms with Crippen molar-refractivity contribution >= 4 is 27.5 Å². The van der Waals surface area contributed by atoms with E-state index < -0.39 is 0 Å².